The third-order valence-electron chi connectivity index (χ3n) is 22.0. The Hall–Kier alpha value is -2.01. The highest BCUT2D eigenvalue weighted by molar-refractivity contribution is 7.83. The van der Waals surface area contributed by atoms with E-state index in [-0.39, 0.29) is 36.0 Å². The summed E-state index contributed by atoms with van der Waals surface area (Å²) in [6.45, 7) is 2.20. The van der Waals surface area contributed by atoms with Gasteiger partial charge in [-0.15, -0.1) is 0 Å². The summed E-state index contributed by atoms with van der Waals surface area (Å²) in [4.78, 5) is 0. The SMILES string of the molecule is CC(C)CCCC(C)C1CCC2C3CCC4CC(OC5OC(COS(=O)(=O)O)C(OC6OC(COS(=O)(=O)O)C(OC7OC(COS(=O)(=O)O)C(OC8OC(COS(=O)(=O)O)C(OS(=O)(=O)O)C(OS(=O)(=O)O)C8OS(=O)(=O)O)C(OS(=O)(=O)O)C7OS(=O)(=O)O)C(OS(=O)(=O)O)C6OS(=O)(=O)O)C(OS(=O)(=O)O)C5OS(=O)(=O)O)CC[C@]4(C)C3CC[C@]12C. The van der Waals surface area contributed by atoms with E-state index >= 15 is 0 Å². The zero-order valence-electron chi connectivity index (χ0n) is 63.8. The number of fused-ring (bicyclic) bond motifs is 5. The largest absolute Gasteiger partial charge is 0.397 e. The number of ether oxygens (including phenoxy) is 8. The van der Waals surface area contributed by atoms with Crippen molar-refractivity contribution in [3.8, 4) is 0 Å². The lowest BCUT2D eigenvalue weighted by atomic mass is 9.44. The van der Waals surface area contributed by atoms with Crippen molar-refractivity contribution in [3.05, 3.63) is 0 Å². The molecule has 27 unspecified atom stereocenters. The van der Waals surface area contributed by atoms with Crippen LogP contribution in [0.25, 0.3) is 0 Å². The van der Waals surface area contributed by atoms with Gasteiger partial charge in [-0.25, -0.2) is 54.4 Å². The molecule has 4 heterocycles. The molecular weight excluding hydrogens is 1990 g/mol. The van der Waals surface area contributed by atoms with Crippen LogP contribution >= 0.6 is 0 Å². The Kier molecular flexibility index (Phi) is 34.5. The average Bonchev–Trinajstić information content (AvgIpc) is 1.47. The average molecular weight is 2080 g/mol. The molecule has 29 atom stereocenters. The number of hydrogen-bond acceptors (Lipinski definition) is 47. The summed E-state index contributed by atoms with van der Waals surface area (Å²) in [7, 11) is -83.6. The summed E-state index contributed by atoms with van der Waals surface area (Å²) in [5, 5.41) is 0. The first kappa shape index (κ1) is 107. The van der Waals surface area contributed by atoms with Gasteiger partial charge in [-0.3, -0.25) is 59.2 Å². The lowest BCUT2D eigenvalue weighted by Gasteiger charge is -2.61. The molecule has 4 saturated heterocycles. The van der Waals surface area contributed by atoms with Crippen molar-refractivity contribution in [1.29, 1.82) is 0 Å². The van der Waals surface area contributed by atoms with Gasteiger partial charge in [-0.2, -0.15) is 109 Å². The molecule has 8 aliphatic rings. The predicted molar refractivity (Wildman–Crippen MR) is 385 cm³/mol. The molecule has 0 spiro atoms. The van der Waals surface area contributed by atoms with Crippen LogP contribution in [-0.4, -0.2) is 324 Å². The van der Waals surface area contributed by atoms with E-state index in [2.05, 4.69) is 80.6 Å². The molecule has 60 nitrogen and oxygen atoms in total. The molecule has 124 heavy (non-hydrogen) atoms. The zero-order valence-corrected chi connectivity index (χ0v) is 74.4. The van der Waals surface area contributed by atoms with Gasteiger partial charge in [0.05, 0.1) is 32.5 Å². The Morgan fingerprint density at radius 3 is 0.879 bits per heavy atom. The first-order valence-corrected chi connectivity index (χ1v) is 53.3. The van der Waals surface area contributed by atoms with E-state index in [9.17, 15) is 169 Å². The molecule has 73 heteroatoms. The Morgan fingerprint density at radius 1 is 0.298 bits per heavy atom. The van der Waals surface area contributed by atoms with Gasteiger partial charge in [-0.1, -0.05) is 53.9 Å². The van der Waals surface area contributed by atoms with Crippen molar-refractivity contribution >= 4 is 135 Å². The molecule has 13 N–H and O–H groups in total. The summed E-state index contributed by atoms with van der Waals surface area (Å²) < 4.78 is 562. The van der Waals surface area contributed by atoms with E-state index in [1.165, 1.54) is 0 Å². The second-order valence-electron chi connectivity index (χ2n) is 30.4. The van der Waals surface area contributed by atoms with E-state index in [0.29, 0.717) is 42.9 Å². The van der Waals surface area contributed by atoms with Crippen LogP contribution in [0.4, 0.5) is 0 Å². The van der Waals surface area contributed by atoms with Crippen LogP contribution < -0.4 is 0 Å². The summed E-state index contributed by atoms with van der Waals surface area (Å²) >= 11 is 0. The molecule has 8 fully saturated rings. The minimum Gasteiger partial charge on any atom is -0.347 e. The van der Waals surface area contributed by atoms with Gasteiger partial charge in [0.2, 0.25) is 0 Å². The highest BCUT2D eigenvalue weighted by atomic mass is 32.3. The van der Waals surface area contributed by atoms with Crippen LogP contribution in [0.15, 0.2) is 0 Å². The van der Waals surface area contributed by atoms with Crippen molar-refractivity contribution in [2.24, 2.45) is 52.3 Å². The summed E-state index contributed by atoms with van der Waals surface area (Å²) in [6, 6.07) is 0. The lowest BCUT2D eigenvalue weighted by Crippen LogP contribution is -2.69. The van der Waals surface area contributed by atoms with Gasteiger partial charge in [-0.05, 0) is 110 Å². The number of hydrogen-bond donors (Lipinski definition) is 13. The fraction of sp³-hybridized carbons (Fsp3) is 1.00. The lowest BCUT2D eigenvalue weighted by molar-refractivity contribution is -0.380. The maximum absolute atomic E-state index is 13.2. The van der Waals surface area contributed by atoms with Gasteiger partial charge in [0.1, 0.15) is 73.2 Å². The van der Waals surface area contributed by atoms with Gasteiger partial charge in [0.15, 0.2) is 49.6 Å². The second kappa shape index (κ2) is 39.9. The van der Waals surface area contributed by atoms with Gasteiger partial charge in [0.25, 0.3) is 0 Å². The molecular formula is C51H88O60S13. The smallest absolute Gasteiger partial charge is 0.347 e. The monoisotopic (exact) mass is 2080 g/mol. The Bertz CT molecular complexity index is 5310. The highest BCUT2D eigenvalue weighted by Crippen LogP contribution is 2.69. The summed E-state index contributed by atoms with van der Waals surface area (Å²) in [5.41, 5.74) is -0.420. The van der Waals surface area contributed by atoms with E-state index < -0.39 is 296 Å². The molecule has 8 rings (SSSR count). The van der Waals surface area contributed by atoms with Crippen LogP contribution in [0.2, 0.25) is 0 Å². The maximum atomic E-state index is 13.2. The van der Waals surface area contributed by atoms with Gasteiger partial charge < -0.3 is 37.9 Å². The zero-order chi connectivity index (χ0) is 93.8. The van der Waals surface area contributed by atoms with Gasteiger partial charge in [0, 0.05) is 0 Å². The first-order chi connectivity index (χ1) is 55.9. The fourth-order valence-electron chi connectivity index (χ4n) is 17.8. The van der Waals surface area contributed by atoms with Gasteiger partial charge >= 0.3 is 135 Å². The number of rotatable bonds is 43. The van der Waals surface area contributed by atoms with Crippen molar-refractivity contribution in [1.82, 2.24) is 0 Å². The van der Waals surface area contributed by atoms with E-state index in [4.69, 9.17) is 46.3 Å². The first-order valence-electron chi connectivity index (χ1n) is 35.6. The third-order valence-corrected chi connectivity index (χ3v) is 27.9. The molecule has 0 radical (unpaired) electrons. The molecule has 0 aromatic rings. The van der Waals surface area contributed by atoms with Crippen LogP contribution in [0.5, 0.6) is 0 Å². The summed E-state index contributed by atoms with van der Waals surface area (Å²) in [5.74, 6) is 1.91. The molecule has 0 aromatic heterocycles. The summed E-state index contributed by atoms with van der Waals surface area (Å²) in [6.07, 6.45) is -63.1. The molecule has 0 amide bonds. The Balaban J connectivity index is 1.25. The quantitative estimate of drug-likeness (QED) is 0.0208. The molecule has 0 bridgehead atoms. The fourth-order valence-corrected chi connectivity index (χ4v) is 23.5. The standard InChI is InChI=1S/C51H88O60S13/c1-22(2)7-6-8-23(3)27-11-12-28-26-10-9-24-17-25(13-15-50(24,4)29(26)14-16-51(27,28)5)95-46-42(108-121(79,80)81)38(104-117(67,68)69)34(30(96-46)18-91-112(52,53)54)100-47-43(109-122(82,83)84)39(105-118(70,71)72)35(31(97-47)19-92-113(55,56)57)101-48-44(110-123(85,86)87)40(106-119(73,74)75)36(32(98-48)20-93-114(58,59)60)102-49-45(111-124(88,89)90)41(107-120(76,77)78)37(103-116(64,65)66)33(99-49)21-94-115(61,62)63/h22-49H,6-21H2,1-5H3,(H,52,53,54)(H,55,56,57)(H,58,59,60)(H,61,62,63)(H,64,65,66)(H,67,68,69)(H,70,71,72)(H,73,74,75)(H,76,77,78)(H,79,80,81)(H,82,83,84)(H,85,86,87)(H,88,89,90)/t23?,24?,25?,26?,27?,28?,29?,30?,31?,32?,33?,34?,35?,36?,37?,38?,39?,40?,41?,42?,43?,44?,45?,46?,47?,48?,49?,50-,51+/m0/s1. The highest BCUT2D eigenvalue weighted by Gasteiger charge is 2.66. The topological polar surface area (TPSA) is 901 Å². The normalized spacial score (nSPS) is 37.1. The molecule has 4 aliphatic heterocycles. The Labute approximate surface area is 710 Å². The van der Waals surface area contributed by atoms with Crippen LogP contribution in [0, 0.1) is 52.3 Å². The molecule has 730 valence electrons. The third kappa shape index (κ3) is 31.8. The van der Waals surface area contributed by atoms with E-state index in [1.807, 2.05) is 0 Å². The predicted octanol–water partition coefficient (Wildman–Crippen LogP) is -3.48. The minimum atomic E-state index is -6.78. The van der Waals surface area contributed by atoms with Crippen molar-refractivity contribution in [2.75, 3.05) is 26.4 Å². The van der Waals surface area contributed by atoms with Crippen molar-refractivity contribution in [3.63, 3.8) is 0 Å². The molecule has 0 aromatic carbocycles. The van der Waals surface area contributed by atoms with Crippen LogP contribution in [0.1, 0.15) is 112 Å². The second-order valence-corrected chi connectivity index (χ2v) is 44.2. The van der Waals surface area contributed by atoms with Crippen LogP contribution in [-0.2, 0) is 227 Å². The minimum absolute atomic E-state index is 0.00149. The van der Waals surface area contributed by atoms with Crippen molar-refractivity contribution in [2.45, 2.75) is 241 Å². The Morgan fingerprint density at radius 2 is 0.573 bits per heavy atom. The molecule has 4 saturated carbocycles. The molecule has 4 aliphatic carbocycles. The van der Waals surface area contributed by atoms with Crippen LogP contribution in [0.3, 0.4) is 0 Å². The van der Waals surface area contributed by atoms with E-state index in [1.54, 1.807) is 0 Å². The van der Waals surface area contributed by atoms with Crippen molar-refractivity contribution < 1.29 is 261 Å². The maximum Gasteiger partial charge on any atom is 0.397 e. The van der Waals surface area contributed by atoms with E-state index in [0.717, 1.165) is 44.9 Å².